The van der Waals surface area contributed by atoms with E-state index < -0.39 is 0 Å². The maximum atomic E-state index is 9.60. The zero-order valence-corrected chi connectivity index (χ0v) is 16.6. The number of nitrogens with zero attached hydrogens (tertiary/aromatic N) is 2. The molecule has 5 heteroatoms. The first-order valence-electron chi connectivity index (χ1n) is 8.53. The lowest BCUT2D eigenvalue weighted by atomic mass is 10.1. The largest absolute Gasteiger partial charge is 0.492 e. The maximum absolute atomic E-state index is 9.60. The molecular formula is C21H20BrN3O. The number of ether oxygens (including phenoxy) is 1. The van der Waals surface area contributed by atoms with E-state index in [4.69, 9.17) is 4.74 Å². The molecule has 3 aromatic rings. The van der Waals surface area contributed by atoms with Crippen molar-refractivity contribution in [1.29, 1.82) is 5.26 Å². The molecule has 0 fully saturated rings. The van der Waals surface area contributed by atoms with Gasteiger partial charge in [0.05, 0.1) is 27.7 Å². The average molecular weight is 410 g/mol. The monoisotopic (exact) mass is 409 g/mol. The van der Waals surface area contributed by atoms with Crippen LogP contribution in [0.3, 0.4) is 0 Å². The number of halogens is 1. The molecule has 26 heavy (non-hydrogen) atoms. The highest BCUT2D eigenvalue weighted by Gasteiger charge is 2.10. The van der Waals surface area contributed by atoms with E-state index in [9.17, 15) is 5.26 Å². The molecule has 2 aromatic carbocycles. The maximum Gasteiger partial charge on any atom is 0.149 e. The number of aryl methyl sites for hydroxylation is 2. The van der Waals surface area contributed by atoms with E-state index in [0.717, 1.165) is 33.2 Å². The predicted octanol–water partition coefficient (Wildman–Crippen LogP) is 5.80. The van der Waals surface area contributed by atoms with Crippen molar-refractivity contribution in [2.45, 2.75) is 27.2 Å². The minimum atomic E-state index is 0.491. The highest BCUT2D eigenvalue weighted by atomic mass is 79.9. The Balaban J connectivity index is 1.96. The minimum absolute atomic E-state index is 0.491. The van der Waals surface area contributed by atoms with Crippen LogP contribution in [0.25, 0.3) is 22.7 Å². The lowest BCUT2D eigenvalue weighted by Gasteiger charge is -2.07. The van der Waals surface area contributed by atoms with Gasteiger partial charge in [-0.1, -0.05) is 13.0 Å². The van der Waals surface area contributed by atoms with Crippen LogP contribution in [0.15, 0.2) is 34.8 Å². The molecule has 1 N–H and O–H groups in total. The summed E-state index contributed by atoms with van der Waals surface area (Å²) in [5.74, 6) is 1.38. The molecule has 0 saturated carbocycles. The van der Waals surface area contributed by atoms with Gasteiger partial charge in [-0.25, -0.2) is 4.98 Å². The Hall–Kier alpha value is -2.58. The van der Waals surface area contributed by atoms with Gasteiger partial charge in [0.25, 0.3) is 0 Å². The molecule has 3 rings (SSSR count). The Morgan fingerprint density at radius 3 is 2.73 bits per heavy atom. The third-order valence-electron chi connectivity index (χ3n) is 4.20. The van der Waals surface area contributed by atoms with Crippen LogP contribution in [-0.4, -0.2) is 16.6 Å². The minimum Gasteiger partial charge on any atom is -0.492 e. The molecule has 0 bridgehead atoms. The van der Waals surface area contributed by atoms with Gasteiger partial charge in [-0.05, 0) is 83.2 Å². The molecule has 0 saturated heterocycles. The summed E-state index contributed by atoms with van der Waals surface area (Å²) in [6, 6.07) is 12.1. The number of hydrogen-bond donors (Lipinski definition) is 1. The second kappa shape index (κ2) is 7.76. The van der Waals surface area contributed by atoms with Crippen LogP contribution in [0.5, 0.6) is 5.75 Å². The van der Waals surface area contributed by atoms with Crippen molar-refractivity contribution in [2.75, 3.05) is 6.61 Å². The van der Waals surface area contributed by atoms with Gasteiger partial charge in [0.15, 0.2) is 0 Å². The van der Waals surface area contributed by atoms with Crippen LogP contribution in [0.1, 0.15) is 35.9 Å². The normalized spacial score (nSPS) is 11.6. The van der Waals surface area contributed by atoms with Gasteiger partial charge in [0.1, 0.15) is 17.6 Å². The van der Waals surface area contributed by atoms with Gasteiger partial charge in [0, 0.05) is 0 Å². The summed E-state index contributed by atoms with van der Waals surface area (Å²) >= 11 is 3.53. The van der Waals surface area contributed by atoms with Gasteiger partial charge in [-0.2, -0.15) is 5.26 Å². The highest BCUT2D eigenvalue weighted by Crippen LogP contribution is 2.28. The number of allylic oxidation sites excluding steroid dienone is 1. The summed E-state index contributed by atoms with van der Waals surface area (Å²) in [7, 11) is 0. The van der Waals surface area contributed by atoms with Crippen LogP contribution in [-0.2, 0) is 0 Å². The molecular weight excluding hydrogens is 390 g/mol. The van der Waals surface area contributed by atoms with Crippen molar-refractivity contribution < 1.29 is 4.74 Å². The topological polar surface area (TPSA) is 61.7 Å². The van der Waals surface area contributed by atoms with E-state index >= 15 is 0 Å². The Labute approximate surface area is 161 Å². The smallest absolute Gasteiger partial charge is 0.149 e. The van der Waals surface area contributed by atoms with E-state index in [1.165, 1.54) is 11.1 Å². The predicted molar refractivity (Wildman–Crippen MR) is 109 cm³/mol. The van der Waals surface area contributed by atoms with Crippen molar-refractivity contribution in [1.82, 2.24) is 9.97 Å². The number of hydrogen-bond acceptors (Lipinski definition) is 3. The van der Waals surface area contributed by atoms with Crippen molar-refractivity contribution >= 4 is 38.6 Å². The Morgan fingerprint density at radius 1 is 1.27 bits per heavy atom. The molecule has 0 unspecified atom stereocenters. The SMILES string of the molecule is CCCOc1ccc(C=C(C#N)c2nc3cc(C)c(C)cc3[nH]2)cc1Br. The molecule has 0 radical (unpaired) electrons. The van der Waals surface area contributed by atoms with Gasteiger partial charge < -0.3 is 9.72 Å². The molecule has 0 spiro atoms. The Kier molecular flexibility index (Phi) is 5.43. The number of aromatic amines is 1. The van der Waals surface area contributed by atoms with Crippen LogP contribution in [0, 0.1) is 25.2 Å². The standard InChI is InChI=1S/C21H20BrN3O/c1-4-7-26-20-6-5-15(11-17(20)22)10-16(12-23)21-24-18-8-13(2)14(3)9-19(18)25-21/h5-6,8-11H,4,7H2,1-3H3,(H,24,25). The molecule has 4 nitrogen and oxygen atoms in total. The summed E-state index contributed by atoms with van der Waals surface area (Å²) in [6.45, 7) is 6.87. The van der Waals surface area contributed by atoms with Crippen LogP contribution in [0.2, 0.25) is 0 Å². The first-order valence-corrected chi connectivity index (χ1v) is 9.32. The van der Waals surface area contributed by atoms with Gasteiger partial charge in [-0.15, -0.1) is 0 Å². The number of nitriles is 1. The van der Waals surface area contributed by atoms with Crippen molar-refractivity contribution in [3.05, 3.63) is 57.3 Å². The number of imidazole rings is 1. The average Bonchev–Trinajstić information content (AvgIpc) is 3.01. The molecule has 0 aliphatic rings. The first-order chi connectivity index (χ1) is 12.5. The van der Waals surface area contributed by atoms with Crippen molar-refractivity contribution in [2.24, 2.45) is 0 Å². The molecule has 0 aliphatic carbocycles. The Morgan fingerprint density at radius 2 is 2.04 bits per heavy atom. The molecule has 0 amide bonds. The second-order valence-electron chi connectivity index (χ2n) is 6.25. The number of benzene rings is 2. The zero-order valence-electron chi connectivity index (χ0n) is 15.1. The zero-order chi connectivity index (χ0) is 18.7. The summed E-state index contributed by atoms with van der Waals surface area (Å²) in [6.07, 6.45) is 2.78. The van der Waals surface area contributed by atoms with Crippen molar-refractivity contribution in [3.8, 4) is 11.8 Å². The van der Waals surface area contributed by atoms with E-state index in [2.05, 4.69) is 58.8 Å². The quantitative estimate of drug-likeness (QED) is 0.541. The summed E-state index contributed by atoms with van der Waals surface area (Å²) in [4.78, 5) is 7.83. The fourth-order valence-electron chi connectivity index (χ4n) is 2.65. The lowest BCUT2D eigenvalue weighted by molar-refractivity contribution is 0.315. The Bertz CT molecular complexity index is 989. The van der Waals surface area contributed by atoms with E-state index in [1.807, 2.05) is 30.3 Å². The fraction of sp³-hybridized carbons (Fsp3) is 0.238. The van der Waals surface area contributed by atoms with Crippen LogP contribution in [0.4, 0.5) is 0 Å². The van der Waals surface area contributed by atoms with Gasteiger partial charge >= 0.3 is 0 Å². The third-order valence-corrected chi connectivity index (χ3v) is 4.82. The molecule has 0 atom stereocenters. The number of rotatable bonds is 5. The lowest BCUT2D eigenvalue weighted by Crippen LogP contribution is -1.95. The summed E-state index contributed by atoms with van der Waals surface area (Å²) in [5, 5.41) is 9.60. The number of nitrogens with one attached hydrogen (secondary N) is 1. The third kappa shape index (κ3) is 3.81. The first kappa shape index (κ1) is 18.2. The number of fused-ring (bicyclic) bond motifs is 1. The van der Waals surface area contributed by atoms with Gasteiger partial charge in [0.2, 0.25) is 0 Å². The summed E-state index contributed by atoms with van der Waals surface area (Å²) < 4.78 is 6.54. The van der Waals surface area contributed by atoms with Crippen LogP contribution >= 0.6 is 15.9 Å². The second-order valence-corrected chi connectivity index (χ2v) is 7.10. The van der Waals surface area contributed by atoms with E-state index in [-0.39, 0.29) is 0 Å². The van der Waals surface area contributed by atoms with E-state index in [0.29, 0.717) is 18.0 Å². The fourth-order valence-corrected chi connectivity index (χ4v) is 3.16. The van der Waals surface area contributed by atoms with Crippen molar-refractivity contribution in [3.63, 3.8) is 0 Å². The summed E-state index contributed by atoms with van der Waals surface area (Å²) in [5.41, 5.74) is 5.59. The molecule has 132 valence electrons. The van der Waals surface area contributed by atoms with Gasteiger partial charge in [-0.3, -0.25) is 0 Å². The number of aromatic nitrogens is 2. The molecule has 0 aliphatic heterocycles. The number of H-pyrrole nitrogens is 1. The van der Waals surface area contributed by atoms with E-state index in [1.54, 1.807) is 0 Å². The highest BCUT2D eigenvalue weighted by molar-refractivity contribution is 9.10. The molecule has 1 aromatic heterocycles. The molecule has 1 heterocycles. The van der Waals surface area contributed by atoms with Crippen LogP contribution < -0.4 is 4.74 Å².